The molecule has 1 fully saturated rings. The van der Waals surface area contributed by atoms with Crippen molar-refractivity contribution in [2.45, 2.75) is 19.5 Å². The van der Waals surface area contributed by atoms with Crippen molar-refractivity contribution in [2.75, 3.05) is 32.8 Å². The van der Waals surface area contributed by atoms with Crippen LogP contribution in [0.5, 0.6) is 0 Å². The number of amides is 1. The van der Waals surface area contributed by atoms with Crippen LogP contribution >= 0.6 is 0 Å². The van der Waals surface area contributed by atoms with Crippen LogP contribution in [0.1, 0.15) is 23.0 Å². The molecule has 6 nitrogen and oxygen atoms in total. The first-order valence-corrected chi connectivity index (χ1v) is 10.5. The molecule has 1 aliphatic heterocycles. The Kier molecular flexibility index (Phi) is 6.57. The highest BCUT2D eigenvalue weighted by Gasteiger charge is 2.26. The molecule has 1 atom stereocenters. The first kappa shape index (κ1) is 20.3. The van der Waals surface area contributed by atoms with Crippen LogP contribution in [0, 0.1) is 0 Å². The van der Waals surface area contributed by atoms with Crippen molar-refractivity contribution in [1.29, 1.82) is 0 Å². The minimum atomic E-state index is -0.0470. The summed E-state index contributed by atoms with van der Waals surface area (Å²) >= 11 is 0. The van der Waals surface area contributed by atoms with E-state index >= 15 is 0 Å². The summed E-state index contributed by atoms with van der Waals surface area (Å²) in [6, 6.07) is 21.8. The Bertz CT molecular complexity index is 936. The first-order chi connectivity index (χ1) is 14.7. The van der Waals surface area contributed by atoms with Gasteiger partial charge in [0.25, 0.3) is 5.91 Å². The third-order valence-electron chi connectivity index (χ3n) is 5.44. The predicted molar refractivity (Wildman–Crippen MR) is 117 cm³/mol. The van der Waals surface area contributed by atoms with Gasteiger partial charge in [-0.25, -0.2) is 4.68 Å². The van der Waals surface area contributed by atoms with Gasteiger partial charge in [0, 0.05) is 38.4 Å². The van der Waals surface area contributed by atoms with Crippen molar-refractivity contribution in [1.82, 2.24) is 19.6 Å². The van der Waals surface area contributed by atoms with Gasteiger partial charge in [-0.15, -0.1) is 0 Å². The molecule has 2 aromatic carbocycles. The van der Waals surface area contributed by atoms with E-state index in [1.807, 2.05) is 59.6 Å². The fourth-order valence-corrected chi connectivity index (χ4v) is 3.77. The van der Waals surface area contributed by atoms with Crippen molar-refractivity contribution in [3.05, 3.63) is 84.2 Å². The van der Waals surface area contributed by atoms with E-state index in [4.69, 9.17) is 4.74 Å². The second-order valence-electron chi connectivity index (χ2n) is 7.66. The summed E-state index contributed by atoms with van der Waals surface area (Å²) in [6.45, 7) is 6.80. The fourth-order valence-electron chi connectivity index (χ4n) is 3.77. The second-order valence-corrected chi connectivity index (χ2v) is 7.66. The second kappa shape index (κ2) is 9.69. The van der Waals surface area contributed by atoms with Crippen LogP contribution in [0.25, 0.3) is 5.69 Å². The Labute approximate surface area is 177 Å². The van der Waals surface area contributed by atoms with E-state index in [9.17, 15) is 4.79 Å². The van der Waals surface area contributed by atoms with Crippen molar-refractivity contribution >= 4 is 5.91 Å². The van der Waals surface area contributed by atoms with Crippen LogP contribution in [-0.2, 0) is 11.3 Å². The van der Waals surface area contributed by atoms with Gasteiger partial charge >= 0.3 is 0 Å². The van der Waals surface area contributed by atoms with E-state index in [1.165, 1.54) is 0 Å². The molecule has 0 radical (unpaired) electrons. The molecule has 0 bridgehead atoms. The summed E-state index contributed by atoms with van der Waals surface area (Å²) in [5, 5.41) is 4.56. The number of aromatic nitrogens is 2. The molecule has 6 heteroatoms. The highest BCUT2D eigenvalue weighted by Crippen LogP contribution is 2.15. The van der Waals surface area contributed by atoms with E-state index in [2.05, 4.69) is 29.1 Å². The lowest BCUT2D eigenvalue weighted by atomic mass is 10.1. The van der Waals surface area contributed by atoms with Crippen molar-refractivity contribution < 1.29 is 9.53 Å². The number of carbonyl (C=O) groups is 1. The molecule has 0 saturated carbocycles. The SMILES string of the molecule is CC(CN1CCOCC1)N(Cc1ccccc1)C(=O)c1ccn(-c2ccccc2)n1. The maximum Gasteiger partial charge on any atom is 0.274 e. The summed E-state index contributed by atoms with van der Waals surface area (Å²) in [7, 11) is 0. The normalized spacial score (nSPS) is 15.6. The molecule has 30 heavy (non-hydrogen) atoms. The predicted octanol–water partition coefficient (Wildman–Crippen LogP) is 3.24. The Morgan fingerprint density at radius 2 is 1.70 bits per heavy atom. The van der Waals surface area contributed by atoms with Crippen LogP contribution < -0.4 is 0 Å². The average molecular weight is 405 g/mol. The molecule has 156 valence electrons. The molecule has 1 amide bonds. The lowest BCUT2D eigenvalue weighted by Gasteiger charge is -2.35. The molecule has 0 spiro atoms. The highest BCUT2D eigenvalue weighted by atomic mass is 16.5. The number of benzene rings is 2. The molecular weight excluding hydrogens is 376 g/mol. The number of nitrogens with zero attached hydrogens (tertiary/aromatic N) is 4. The van der Waals surface area contributed by atoms with Gasteiger partial charge < -0.3 is 9.64 Å². The van der Waals surface area contributed by atoms with Gasteiger partial charge in [-0.3, -0.25) is 9.69 Å². The van der Waals surface area contributed by atoms with E-state index < -0.39 is 0 Å². The molecule has 2 heterocycles. The Hall–Kier alpha value is -2.96. The quantitative estimate of drug-likeness (QED) is 0.607. The topological polar surface area (TPSA) is 50.6 Å². The molecule has 3 aromatic rings. The standard InChI is InChI=1S/C24H28N4O2/c1-20(18-26-14-16-30-17-15-26)27(19-21-8-4-2-5-9-21)24(29)23-12-13-28(25-23)22-10-6-3-7-11-22/h2-13,20H,14-19H2,1H3. The Morgan fingerprint density at radius 1 is 1.03 bits per heavy atom. The van der Waals surface area contributed by atoms with Crippen LogP contribution in [0.4, 0.5) is 0 Å². The number of para-hydroxylation sites is 1. The molecule has 0 aliphatic carbocycles. The number of rotatable bonds is 7. The maximum atomic E-state index is 13.5. The molecule has 0 N–H and O–H groups in total. The van der Waals surface area contributed by atoms with Crippen LogP contribution in [0.3, 0.4) is 0 Å². The molecule has 1 aromatic heterocycles. The van der Waals surface area contributed by atoms with Crippen molar-refractivity contribution in [3.8, 4) is 5.69 Å². The van der Waals surface area contributed by atoms with E-state index in [0.29, 0.717) is 12.2 Å². The molecular formula is C24H28N4O2. The molecule has 1 unspecified atom stereocenters. The van der Waals surface area contributed by atoms with Gasteiger partial charge in [0.15, 0.2) is 5.69 Å². The van der Waals surface area contributed by atoms with Gasteiger partial charge in [-0.05, 0) is 30.7 Å². The van der Waals surface area contributed by atoms with Gasteiger partial charge in [-0.1, -0.05) is 48.5 Å². The van der Waals surface area contributed by atoms with Crippen LogP contribution in [0.15, 0.2) is 72.9 Å². The fraction of sp³-hybridized carbons (Fsp3) is 0.333. The molecule has 1 saturated heterocycles. The highest BCUT2D eigenvalue weighted by molar-refractivity contribution is 5.92. The van der Waals surface area contributed by atoms with Crippen LogP contribution in [-0.4, -0.2) is 64.4 Å². The zero-order valence-electron chi connectivity index (χ0n) is 17.4. The first-order valence-electron chi connectivity index (χ1n) is 10.5. The Balaban J connectivity index is 1.54. The number of ether oxygens (including phenoxy) is 1. The molecule has 4 rings (SSSR count). The minimum Gasteiger partial charge on any atom is -0.379 e. The minimum absolute atomic E-state index is 0.0470. The number of carbonyl (C=O) groups excluding carboxylic acids is 1. The summed E-state index contributed by atoms with van der Waals surface area (Å²) in [4.78, 5) is 17.8. The molecule has 1 aliphatic rings. The van der Waals surface area contributed by atoms with Crippen LogP contribution in [0.2, 0.25) is 0 Å². The Morgan fingerprint density at radius 3 is 2.40 bits per heavy atom. The van der Waals surface area contributed by atoms with Crippen molar-refractivity contribution in [2.24, 2.45) is 0 Å². The smallest absolute Gasteiger partial charge is 0.274 e. The third kappa shape index (κ3) is 4.96. The monoisotopic (exact) mass is 404 g/mol. The van der Waals surface area contributed by atoms with Gasteiger partial charge in [-0.2, -0.15) is 5.10 Å². The van der Waals surface area contributed by atoms with Gasteiger partial charge in [0.05, 0.1) is 18.9 Å². The van der Waals surface area contributed by atoms with E-state index in [1.54, 1.807) is 10.7 Å². The van der Waals surface area contributed by atoms with Crippen molar-refractivity contribution in [3.63, 3.8) is 0 Å². The summed E-state index contributed by atoms with van der Waals surface area (Å²) in [5.41, 5.74) is 2.51. The zero-order valence-corrected chi connectivity index (χ0v) is 17.4. The number of hydrogen-bond donors (Lipinski definition) is 0. The summed E-state index contributed by atoms with van der Waals surface area (Å²) < 4.78 is 7.21. The summed E-state index contributed by atoms with van der Waals surface area (Å²) in [6.07, 6.45) is 1.84. The van der Waals surface area contributed by atoms with E-state index in [-0.39, 0.29) is 11.9 Å². The summed E-state index contributed by atoms with van der Waals surface area (Å²) in [5.74, 6) is -0.0470. The number of hydrogen-bond acceptors (Lipinski definition) is 4. The average Bonchev–Trinajstić information content (AvgIpc) is 3.29. The third-order valence-corrected chi connectivity index (χ3v) is 5.44. The lowest BCUT2D eigenvalue weighted by Crippen LogP contribution is -2.48. The lowest BCUT2D eigenvalue weighted by molar-refractivity contribution is 0.0227. The maximum absolute atomic E-state index is 13.5. The van der Waals surface area contributed by atoms with E-state index in [0.717, 1.165) is 44.1 Å². The largest absolute Gasteiger partial charge is 0.379 e. The zero-order chi connectivity index (χ0) is 20.8. The number of morpholine rings is 1. The van der Waals surface area contributed by atoms with Gasteiger partial charge in [0.2, 0.25) is 0 Å². The van der Waals surface area contributed by atoms with Gasteiger partial charge in [0.1, 0.15) is 0 Å².